The zero-order chi connectivity index (χ0) is 19.7. The van der Waals surface area contributed by atoms with Gasteiger partial charge in [0, 0.05) is 13.0 Å². The van der Waals surface area contributed by atoms with E-state index in [1.54, 1.807) is 25.3 Å². The molecule has 9 heteroatoms. The number of hydrogen-bond donors (Lipinski definition) is 2. The summed E-state index contributed by atoms with van der Waals surface area (Å²) in [5.74, 6) is 0.413. The molecule has 2 aromatic heterocycles. The normalized spacial score (nSPS) is 11.0. The lowest BCUT2D eigenvalue weighted by molar-refractivity contribution is -0.116. The number of rotatable bonds is 5. The molecule has 0 saturated carbocycles. The number of aromatic amines is 1. The van der Waals surface area contributed by atoms with Gasteiger partial charge in [-0.1, -0.05) is 29.5 Å². The first kappa shape index (κ1) is 18.3. The van der Waals surface area contributed by atoms with Crippen molar-refractivity contribution in [3.8, 4) is 5.75 Å². The van der Waals surface area contributed by atoms with E-state index in [1.165, 1.54) is 15.9 Å². The average Bonchev–Trinajstić information content (AvgIpc) is 3.10. The minimum atomic E-state index is -0.243. The first-order chi connectivity index (χ1) is 13.6. The van der Waals surface area contributed by atoms with Crippen LogP contribution in [0.1, 0.15) is 6.42 Å². The van der Waals surface area contributed by atoms with E-state index in [0.717, 1.165) is 4.70 Å². The monoisotopic (exact) mass is 412 g/mol. The van der Waals surface area contributed by atoms with Crippen LogP contribution in [0.15, 0.2) is 47.3 Å². The van der Waals surface area contributed by atoms with Crippen LogP contribution in [0.25, 0.3) is 21.1 Å². The summed E-state index contributed by atoms with van der Waals surface area (Å²) in [5, 5.41) is 3.81. The second kappa shape index (κ2) is 7.53. The van der Waals surface area contributed by atoms with E-state index >= 15 is 0 Å². The fourth-order valence-corrected chi connectivity index (χ4v) is 4.12. The molecular weight excluding hydrogens is 396 g/mol. The number of para-hydroxylation sites is 2. The zero-order valence-electron chi connectivity index (χ0n) is 14.9. The first-order valence-electron chi connectivity index (χ1n) is 8.52. The standard InChI is InChI=1S/C19H16N4O3S2/c1-26-13-7-4-8-14-16(13)22-18(28-14)21-15(24)9-10-23-17(25)11-5-2-3-6-12(11)20-19(23)27/h2-8H,9-10H2,1H3,(H,20,27)(H,21,22,24). The Hall–Kier alpha value is -3.04. The summed E-state index contributed by atoms with van der Waals surface area (Å²) in [6.45, 7) is 0.180. The Balaban J connectivity index is 1.52. The summed E-state index contributed by atoms with van der Waals surface area (Å²) in [5.41, 5.74) is 1.18. The molecule has 142 valence electrons. The zero-order valence-corrected chi connectivity index (χ0v) is 16.5. The number of methoxy groups -OCH3 is 1. The molecule has 2 heterocycles. The van der Waals surface area contributed by atoms with Crippen molar-refractivity contribution in [1.29, 1.82) is 0 Å². The van der Waals surface area contributed by atoms with E-state index in [9.17, 15) is 9.59 Å². The van der Waals surface area contributed by atoms with Gasteiger partial charge in [-0.2, -0.15) is 0 Å². The maximum Gasteiger partial charge on any atom is 0.262 e. The van der Waals surface area contributed by atoms with Gasteiger partial charge in [0.05, 0.1) is 22.7 Å². The van der Waals surface area contributed by atoms with Crippen molar-refractivity contribution in [3.63, 3.8) is 0 Å². The molecule has 0 aliphatic heterocycles. The van der Waals surface area contributed by atoms with Gasteiger partial charge < -0.3 is 15.0 Å². The summed E-state index contributed by atoms with van der Waals surface area (Å²) < 4.78 is 7.90. The number of nitrogens with zero attached hydrogens (tertiary/aromatic N) is 2. The largest absolute Gasteiger partial charge is 0.494 e. The number of aromatic nitrogens is 3. The maximum absolute atomic E-state index is 12.6. The van der Waals surface area contributed by atoms with Crippen molar-refractivity contribution in [2.24, 2.45) is 0 Å². The Morgan fingerprint density at radius 1 is 1.29 bits per heavy atom. The topological polar surface area (TPSA) is 89.0 Å². The lowest BCUT2D eigenvalue weighted by Gasteiger charge is -2.07. The fourth-order valence-electron chi connectivity index (χ4n) is 2.94. The molecule has 0 fully saturated rings. The molecule has 0 bridgehead atoms. The van der Waals surface area contributed by atoms with Crippen molar-refractivity contribution in [3.05, 3.63) is 57.6 Å². The van der Waals surface area contributed by atoms with E-state index in [-0.39, 0.29) is 24.4 Å². The first-order valence-corrected chi connectivity index (χ1v) is 9.74. The highest BCUT2D eigenvalue weighted by Gasteiger charge is 2.12. The number of carbonyl (C=O) groups excluding carboxylic acids is 1. The quantitative estimate of drug-likeness (QED) is 0.488. The van der Waals surface area contributed by atoms with Gasteiger partial charge in [0.15, 0.2) is 9.90 Å². The van der Waals surface area contributed by atoms with E-state index in [1.807, 2.05) is 24.3 Å². The molecular formula is C19H16N4O3S2. The Morgan fingerprint density at radius 2 is 2.11 bits per heavy atom. The van der Waals surface area contributed by atoms with Gasteiger partial charge in [0.1, 0.15) is 11.3 Å². The Morgan fingerprint density at radius 3 is 2.93 bits per heavy atom. The lowest BCUT2D eigenvalue weighted by atomic mass is 10.2. The molecule has 4 aromatic rings. The van der Waals surface area contributed by atoms with Crippen LogP contribution in [0, 0.1) is 4.77 Å². The van der Waals surface area contributed by atoms with Gasteiger partial charge in [-0.25, -0.2) is 4.98 Å². The molecule has 2 N–H and O–H groups in total. The number of nitrogens with one attached hydrogen (secondary N) is 2. The van der Waals surface area contributed by atoms with Crippen LogP contribution >= 0.6 is 23.6 Å². The van der Waals surface area contributed by atoms with Gasteiger partial charge in [0.2, 0.25) is 5.91 Å². The van der Waals surface area contributed by atoms with Crippen LogP contribution in [0.3, 0.4) is 0 Å². The minimum absolute atomic E-state index is 0.1000. The van der Waals surface area contributed by atoms with Crippen molar-refractivity contribution >= 4 is 55.7 Å². The predicted octanol–water partition coefficient (Wildman–Crippen LogP) is 3.71. The summed E-state index contributed by atoms with van der Waals surface area (Å²) in [6.07, 6.45) is 0.1000. The molecule has 0 aliphatic carbocycles. The smallest absolute Gasteiger partial charge is 0.262 e. The molecule has 0 saturated heterocycles. The van der Waals surface area contributed by atoms with Crippen molar-refractivity contribution in [2.45, 2.75) is 13.0 Å². The predicted molar refractivity (Wildman–Crippen MR) is 113 cm³/mol. The van der Waals surface area contributed by atoms with Crippen LogP contribution in [0.5, 0.6) is 5.75 Å². The van der Waals surface area contributed by atoms with Gasteiger partial charge in [-0.3, -0.25) is 14.2 Å². The minimum Gasteiger partial charge on any atom is -0.494 e. The molecule has 7 nitrogen and oxygen atoms in total. The van der Waals surface area contributed by atoms with Gasteiger partial charge in [-0.15, -0.1) is 0 Å². The van der Waals surface area contributed by atoms with E-state index in [4.69, 9.17) is 17.0 Å². The second-order valence-electron chi connectivity index (χ2n) is 6.06. The van der Waals surface area contributed by atoms with Crippen molar-refractivity contribution in [2.75, 3.05) is 12.4 Å². The van der Waals surface area contributed by atoms with Gasteiger partial charge in [0.25, 0.3) is 5.56 Å². The molecule has 4 rings (SSSR count). The highest BCUT2D eigenvalue weighted by atomic mass is 32.1. The SMILES string of the molecule is COc1cccc2sc(NC(=O)CCn3c(=S)[nH]c4ccccc4c3=O)nc12. The van der Waals surface area contributed by atoms with Crippen LogP contribution in [-0.2, 0) is 11.3 Å². The number of amides is 1. The second-order valence-corrected chi connectivity index (χ2v) is 7.47. The van der Waals surface area contributed by atoms with Crippen LogP contribution < -0.4 is 15.6 Å². The summed E-state index contributed by atoms with van der Waals surface area (Å²) in [7, 11) is 1.58. The van der Waals surface area contributed by atoms with Crippen LogP contribution in [0.4, 0.5) is 5.13 Å². The number of anilines is 1. The van der Waals surface area contributed by atoms with Gasteiger partial charge >= 0.3 is 0 Å². The van der Waals surface area contributed by atoms with E-state index in [0.29, 0.717) is 32.1 Å². The maximum atomic E-state index is 12.6. The molecule has 28 heavy (non-hydrogen) atoms. The average molecular weight is 412 g/mol. The van der Waals surface area contributed by atoms with E-state index < -0.39 is 0 Å². The van der Waals surface area contributed by atoms with E-state index in [2.05, 4.69) is 15.3 Å². The number of H-pyrrole nitrogens is 1. The number of carbonyl (C=O) groups is 1. The lowest BCUT2D eigenvalue weighted by Crippen LogP contribution is -2.25. The Kier molecular flexibility index (Phi) is 4.93. The summed E-state index contributed by atoms with van der Waals surface area (Å²) in [6, 6.07) is 12.8. The number of hydrogen-bond acceptors (Lipinski definition) is 6. The summed E-state index contributed by atoms with van der Waals surface area (Å²) in [4.78, 5) is 32.4. The molecule has 2 aromatic carbocycles. The third kappa shape index (κ3) is 3.41. The third-order valence-electron chi connectivity index (χ3n) is 4.30. The molecule has 0 spiro atoms. The number of ether oxygens (including phenoxy) is 1. The van der Waals surface area contributed by atoms with Crippen molar-refractivity contribution in [1.82, 2.24) is 14.5 Å². The highest BCUT2D eigenvalue weighted by molar-refractivity contribution is 7.71. The van der Waals surface area contributed by atoms with Gasteiger partial charge in [-0.05, 0) is 36.5 Å². The number of thiazole rings is 1. The molecule has 0 aliphatic rings. The Labute approximate surface area is 168 Å². The van der Waals surface area contributed by atoms with Crippen LogP contribution in [0.2, 0.25) is 0 Å². The number of benzene rings is 2. The third-order valence-corrected chi connectivity index (χ3v) is 5.56. The molecule has 0 atom stereocenters. The number of fused-ring (bicyclic) bond motifs is 2. The fraction of sp³-hybridized carbons (Fsp3) is 0.158. The summed E-state index contributed by atoms with van der Waals surface area (Å²) >= 11 is 6.64. The highest BCUT2D eigenvalue weighted by Crippen LogP contribution is 2.32. The van der Waals surface area contributed by atoms with Crippen LogP contribution in [-0.4, -0.2) is 27.6 Å². The Bertz CT molecular complexity index is 1310. The van der Waals surface area contributed by atoms with Crippen molar-refractivity contribution < 1.29 is 9.53 Å². The molecule has 0 unspecified atom stereocenters. The molecule has 1 amide bonds. The molecule has 0 radical (unpaired) electrons.